The Bertz CT molecular complexity index is 478. The maximum absolute atomic E-state index is 14.0. The van der Waals surface area contributed by atoms with Gasteiger partial charge in [-0.25, -0.2) is 9.38 Å². The van der Waals surface area contributed by atoms with Crippen LogP contribution in [0, 0.1) is 11.7 Å². The molecule has 18 heavy (non-hydrogen) atoms. The molecular formula is C12H15F2N3O. The fourth-order valence-electron chi connectivity index (χ4n) is 1.57. The van der Waals surface area contributed by atoms with E-state index in [2.05, 4.69) is 4.99 Å². The highest BCUT2D eigenvalue weighted by Crippen LogP contribution is 2.25. The first-order valence-corrected chi connectivity index (χ1v) is 5.70. The largest absolute Gasteiger partial charge is 0.463 e. The Morgan fingerprint density at radius 3 is 2.83 bits per heavy atom. The number of hydrogen-bond acceptors (Lipinski definition) is 4. The van der Waals surface area contributed by atoms with Gasteiger partial charge in [-0.1, -0.05) is 11.4 Å². The molecular weight excluding hydrogens is 240 g/mol. The number of halogens is 2. The predicted octanol–water partition coefficient (Wildman–Crippen LogP) is 2.51. The molecule has 0 spiro atoms. The second-order valence-electron chi connectivity index (χ2n) is 4.43. The highest BCUT2D eigenvalue weighted by atomic mass is 19.2. The minimum absolute atomic E-state index is 0.0730. The summed E-state index contributed by atoms with van der Waals surface area (Å²) in [5, 5.41) is 0.0913. The number of anilines is 2. The molecule has 1 aliphatic rings. The van der Waals surface area contributed by atoms with Gasteiger partial charge in [0, 0.05) is 11.6 Å². The molecule has 0 amide bonds. The van der Waals surface area contributed by atoms with Gasteiger partial charge in [-0.05, 0) is 25.1 Å². The van der Waals surface area contributed by atoms with Crippen molar-refractivity contribution in [2.24, 2.45) is 10.9 Å². The quantitative estimate of drug-likeness (QED) is 0.619. The number of amidine groups is 1. The first-order valence-electron chi connectivity index (χ1n) is 5.70. The first-order chi connectivity index (χ1) is 8.49. The van der Waals surface area contributed by atoms with Crippen molar-refractivity contribution in [3.8, 4) is 0 Å². The lowest BCUT2D eigenvalue weighted by Gasteiger charge is -2.26. The van der Waals surface area contributed by atoms with Gasteiger partial charge in [-0.2, -0.15) is 0 Å². The van der Waals surface area contributed by atoms with Crippen molar-refractivity contribution in [1.82, 2.24) is 0 Å². The number of nitrogen functional groups attached to an aromatic ring is 1. The first kappa shape index (κ1) is 12.6. The molecule has 98 valence electrons. The zero-order chi connectivity index (χ0) is 13.3. The smallest absolute Gasteiger partial charge is 0.321 e. The summed E-state index contributed by atoms with van der Waals surface area (Å²) in [5.41, 5.74) is 5.48. The molecule has 1 aromatic carbocycles. The Labute approximate surface area is 104 Å². The van der Waals surface area contributed by atoms with E-state index in [4.69, 9.17) is 10.5 Å². The van der Waals surface area contributed by atoms with Gasteiger partial charge >= 0.3 is 6.02 Å². The van der Waals surface area contributed by atoms with Crippen LogP contribution >= 0.6 is 0 Å². The third-order valence-corrected chi connectivity index (χ3v) is 2.96. The highest BCUT2D eigenvalue weighted by molar-refractivity contribution is 5.90. The number of nitrogens with two attached hydrogens (primary N) is 1. The van der Waals surface area contributed by atoms with E-state index in [1.54, 1.807) is 0 Å². The summed E-state index contributed by atoms with van der Waals surface area (Å²) in [6.07, 6.45) is 0. The minimum Gasteiger partial charge on any atom is -0.463 e. The van der Waals surface area contributed by atoms with E-state index >= 15 is 0 Å². The maximum atomic E-state index is 14.0. The molecule has 0 unspecified atom stereocenters. The Morgan fingerprint density at radius 1 is 1.44 bits per heavy atom. The third-order valence-electron chi connectivity index (χ3n) is 2.96. The lowest BCUT2D eigenvalue weighted by Crippen LogP contribution is -2.35. The normalized spacial score (nSPS) is 23.2. The lowest BCUT2D eigenvalue weighted by atomic mass is 10.1. The van der Waals surface area contributed by atoms with E-state index in [0.29, 0.717) is 6.61 Å². The monoisotopic (exact) mass is 255 g/mol. The van der Waals surface area contributed by atoms with E-state index in [9.17, 15) is 8.87 Å². The van der Waals surface area contributed by atoms with Crippen molar-refractivity contribution in [3.63, 3.8) is 0 Å². The summed E-state index contributed by atoms with van der Waals surface area (Å²) in [6, 6.07) is 3.36. The molecule has 0 aliphatic carbocycles. The van der Waals surface area contributed by atoms with Crippen LogP contribution in [0.25, 0.3) is 0 Å². The Balaban J connectivity index is 2.29. The van der Waals surface area contributed by atoms with E-state index < -0.39 is 5.82 Å². The molecule has 0 bridgehead atoms. The van der Waals surface area contributed by atoms with Crippen molar-refractivity contribution in [2.75, 3.05) is 17.5 Å². The van der Waals surface area contributed by atoms with Crippen molar-refractivity contribution in [1.29, 1.82) is 0 Å². The van der Waals surface area contributed by atoms with Gasteiger partial charge < -0.3 is 10.5 Å². The van der Waals surface area contributed by atoms with E-state index in [1.807, 2.05) is 13.8 Å². The van der Waals surface area contributed by atoms with Crippen molar-refractivity contribution < 1.29 is 13.6 Å². The standard InChI is InChI=1S/C12H15F2N3O/c1-7-6-18-12(16-8(7)2)17(14)11-5-9(15)3-4-10(11)13/h3-5,7-8H,6,15H2,1-2H3/t7-,8+/m0/s1. The van der Waals surface area contributed by atoms with Gasteiger partial charge in [-0.3, -0.25) is 0 Å². The predicted molar refractivity (Wildman–Crippen MR) is 66.4 cm³/mol. The topological polar surface area (TPSA) is 50.9 Å². The van der Waals surface area contributed by atoms with Crippen LogP contribution in [0.4, 0.5) is 20.2 Å². The van der Waals surface area contributed by atoms with E-state index in [-0.39, 0.29) is 34.5 Å². The average Bonchev–Trinajstić information content (AvgIpc) is 2.35. The second kappa shape index (κ2) is 4.80. The summed E-state index contributed by atoms with van der Waals surface area (Å²) in [4.78, 5) is 4.05. The summed E-state index contributed by atoms with van der Waals surface area (Å²) >= 11 is 0. The van der Waals surface area contributed by atoms with Crippen molar-refractivity contribution in [3.05, 3.63) is 24.0 Å². The van der Waals surface area contributed by atoms with Crippen LogP contribution in [-0.2, 0) is 4.74 Å². The Kier molecular flexibility index (Phi) is 3.36. The van der Waals surface area contributed by atoms with Crippen LogP contribution in [-0.4, -0.2) is 18.7 Å². The molecule has 0 radical (unpaired) electrons. The molecule has 2 atom stereocenters. The molecule has 0 fully saturated rings. The molecule has 1 aliphatic heterocycles. The van der Waals surface area contributed by atoms with Gasteiger partial charge in [0.15, 0.2) is 0 Å². The number of benzene rings is 1. The zero-order valence-electron chi connectivity index (χ0n) is 10.2. The SMILES string of the molecule is C[C@H]1COC(N(F)c2cc(N)ccc2F)=N[C@@H]1C. The summed E-state index contributed by atoms with van der Waals surface area (Å²) in [7, 11) is 0. The highest BCUT2D eigenvalue weighted by Gasteiger charge is 2.26. The molecule has 6 heteroatoms. The molecule has 0 saturated carbocycles. The fourth-order valence-corrected chi connectivity index (χ4v) is 1.57. The Morgan fingerprint density at radius 2 is 2.17 bits per heavy atom. The number of ether oxygens (including phenoxy) is 1. The van der Waals surface area contributed by atoms with Crippen LogP contribution in [0.15, 0.2) is 23.2 Å². The van der Waals surface area contributed by atoms with Crippen molar-refractivity contribution >= 4 is 17.4 Å². The average molecular weight is 255 g/mol. The van der Waals surface area contributed by atoms with Gasteiger partial charge in [0.1, 0.15) is 11.5 Å². The molecule has 1 heterocycles. The summed E-state index contributed by atoms with van der Waals surface area (Å²) in [6.45, 7) is 4.16. The van der Waals surface area contributed by atoms with Crippen LogP contribution in [0.3, 0.4) is 0 Å². The fraction of sp³-hybridized carbons (Fsp3) is 0.417. The molecule has 1 aromatic rings. The van der Waals surface area contributed by atoms with Gasteiger partial charge in [-0.15, -0.1) is 5.12 Å². The summed E-state index contributed by atoms with van der Waals surface area (Å²) in [5.74, 6) is -0.517. The molecule has 4 nitrogen and oxygen atoms in total. The van der Waals surface area contributed by atoms with Crippen molar-refractivity contribution in [2.45, 2.75) is 19.9 Å². The zero-order valence-corrected chi connectivity index (χ0v) is 10.2. The third kappa shape index (κ3) is 2.37. The molecule has 2 N–H and O–H groups in total. The number of hydrogen-bond donors (Lipinski definition) is 1. The van der Waals surface area contributed by atoms with E-state index in [1.165, 1.54) is 12.1 Å². The van der Waals surface area contributed by atoms with E-state index in [0.717, 1.165) is 6.07 Å². The second-order valence-corrected chi connectivity index (χ2v) is 4.43. The number of nitrogens with zero attached hydrogens (tertiary/aromatic N) is 2. The van der Waals surface area contributed by atoms with Gasteiger partial charge in [0.05, 0.1) is 12.6 Å². The maximum Gasteiger partial charge on any atom is 0.321 e. The van der Waals surface area contributed by atoms with Crippen LogP contribution in [0.1, 0.15) is 13.8 Å². The van der Waals surface area contributed by atoms with Crippen LogP contribution in [0.5, 0.6) is 0 Å². The molecule has 0 aromatic heterocycles. The van der Waals surface area contributed by atoms with Crippen LogP contribution < -0.4 is 10.9 Å². The number of rotatable bonds is 1. The lowest BCUT2D eigenvalue weighted by molar-refractivity contribution is 0.189. The summed E-state index contributed by atoms with van der Waals surface area (Å²) < 4.78 is 32.7. The van der Waals surface area contributed by atoms with Gasteiger partial charge in [0.2, 0.25) is 0 Å². The minimum atomic E-state index is -0.718. The molecule has 0 saturated heterocycles. The molecule has 2 rings (SSSR count). The van der Waals surface area contributed by atoms with Gasteiger partial charge in [0.25, 0.3) is 0 Å². The van der Waals surface area contributed by atoms with Crippen LogP contribution in [0.2, 0.25) is 0 Å². The number of aliphatic imine (C=N–C) groups is 1. The Hall–Kier alpha value is -1.85.